The topological polar surface area (TPSA) is 67.2 Å². The Balaban J connectivity index is 1.38. The number of amides is 1. The van der Waals surface area contributed by atoms with E-state index in [-0.39, 0.29) is 17.5 Å². The van der Waals surface area contributed by atoms with Crippen LogP contribution in [0.15, 0.2) is 47.3 Å². The number of fused-ring (bicyclic) bond motifs is 1. The van der Waals surface area contributed by atoms with Crippen LogP contribution in [0.3, 0.4) is 0 Å². The maximum atomic E-state index is 12.8. The van der Waals surface area contributed by atoms with Crippen LogP contribution in [0.4, 0.5) is 0 Å². The van der Waals surface area contributed by atoms with Crippen molar-refractivity contribution in [3.8, 4) is 0 Å². The van der Waals surface area contributed by atoms with Crippen LogP contribution in [0.5, 0.6) is 0 Å². The van der Waals surface area contributed by atoms with Gasteiger partial charge in [-0.3, -0.25) is 14.5 Å². The maximum absolute atomic E-state index is 12.8. The van der Waals surface area contributed by atoms with E-state index in [0.717, 1.165) is 43.0 Å². The van der Waals surface area contributed by atoms with E-state index < -0.39 is 0 Å². The van der Waals surface area contributed by atoms with Crippen molar-refractivity contribution in [3.63, 3.8) is 0 Å². The highest BCUT2D eigenvalue weighted by Crippen LogP contribution is 2.18. The molecule has 0 radical (unpaired) electrons. The van der Waals surface area contributed by atoms with Gasteiger partial charge >= 0.3 is 0 Å². The molecular formula is C24H27ClN4O2. The first-order valence-electron chi connectivity index (χ1n) is 10.7. The van der Waals surface area contributed by atoms with Crippen LogP contribution in [-0.2, 0) is 13.1 Å². The van der Waals surface area contributed by atoms with Gasteiger partial charge in [0.2, 0.25) is 0 Å². The third kappa shape index (κ3) is 4.81. The SMILES string of the molecule is CCn1c(=O)c(C)nc2cc(C(=O)NC3CCN(Cc4ccc(Cl)cc4)CC3)ccc21. The van der Waals surface area contributed by atoms with Crippen molar-refractivity contribution in [2.75, 3.05) is 13.1 Å². The molecule has 31 heavy (non-hydrogen) atoms. The number of nitrogens with zero attached hydrogens (tertiary/aromatic N) is 3. The molecule has 162 valence electrons. The molecule has 1 aromatic heterocycles. The number of aryl methyl sites for hydroxylation is 2. The molecule has 7 heteroatoms. The van der Waals surface area contributed by atoms with Gasteiger partial charge in [-0.15, -0.1) is 0 Å². The maximum Gasteiger partial charge on any atom is 0.272 e. The van der Waals surface area contributed by atoms with Crippen molar-refractivity contribution >= 4 is 28.5 Å². The van der Waals surface area contributed by atoms with Crippen molar-refractivity contribution in [2.45, 2.75) is 45.8 Å². The lowest BCUT2D eigenvalue weighted by atomic mass is 10.0. The molecule has 2 aromatic carbocycles. The van der Waals surface area contributed by atoms with Crippen molar-refractivity contribution < 1.29 is 4.79 Å². The molecule has 1 aliphatic rings. The molecule has 1 amide bonds. The molecule has 0 bridgehead atoms. The van der Waals surface area contributed by atoms with E-state index in [0.29, 0.717) is 23.3 Å². The molecule has 1 aliphatic heterocycles. The van der Waals surface area contributed by atoms with Crippen molar-refractivity contribution in [1.82, 2.24) is 19.8 Å². The Morgan fingerprint density at radius 3 is 2.55 bits per heavy atom. The number of benzene rings is 2. The molecular weight excluding hydrogens is 412 g/mol. The average Bonchev–Trinajstić information content (AvgIpc) is 2.77. The number of hydrogen-bond donors (Lipinski definition) is 1. The molecule has 1 saturated heterocycles. The van der Waals surface area contributed by atoms with E-state index >= 15 is 0 Å². The lowest BCUT2D eigenvalue weighted by molar-refractivity contribution is 0.0909. The lowest BCUT2D eigenvalue weighted by Crippen LogP contribution is -2.44. The second kappa shape index (κ2) is 9.20. The molecule has 6 nitrogen and oxygen atoms in total. The number of carbonyl (C=O) groups is 1. The largest absolute Gasteiger partial charge is 0.349 e. The second-order valence-corrected chi connectivity index (χ2v) is 8.54. The number of likely N-dealkylation sites (tertiary alicyclic amines) is 1. The van der Waals surface area contributed by atoms with Gasteiger partial charge in [-0.05, 0) is 62.6 Å². The monoisotopic (exact) mass is 438 g/mol. The number of piperidine rings is 1. The first kappa shape index (κ1) is 21.5. The summed E-state index contributed by atoms with van der Waals surface area (Å²) in [6.07, 6.45) is 1.83. The van der Waals surface area contributed by atoms with Crippen molar-refractivity contribution in [1.29, 1.82) is 0 Å². The molecule has 1 N–H and O–H groups in total. The summed E-state index contributed by atoms with van der Waals surface area (Å²) in [5.74, 6) is -0.0910. The van der Waals surface area contributed by atoms with Crippen molar-refractivity contribution in [2.24, 2.45) is 0 Å². The highest BCUT2D eigenvalue weighted by atomic mass is 35.5. The van der Waals surface area contributed by atoms with E-state index in [1.807, 2.05) is 25.1 Å². The first-order valence-corrected chi connectivity index (χ1v) is 11.1. The Bertz CT molecular complexity index is 1150. The predicted molar refractivity (Wildman–Crippen MR) is 124 cm³/mol. The van der Waals surface area contributed by atoms with Gasteiger partial charge in [-0.25, -0.2) is 4.98 Å². The summed E-state index contributed by atoms with van der Waals surface area (Å²) in [5.41, 5.74) is 3.60. The minimum Gasteiger partial charge on any atom is -0.349 e. The van der Waals surface area contributed by atoms with Gasteiger partial charge < -0.3 is 9.88 Å². The van der Waals surface area contributed by atoms with E-state index in [9.17, 15) is 9.59 Å². The van der Waals surface area contributed by atoms with E-state index in [4.69, 9.17) is 11.6 Å². The highest BCUT2D eigenvalue weighted by Gasteiger charge is 2.21. The summed E-state index contributed by atoms with van der Waals surface area (Å²) in [4.78, 5) is 31.9. The smallest absolute Gasteiger partial charge is 0.272 e. The minimum atomic E-state index is -0.0910. The van der Waals surface area contributed by atoms with Crippen LogP contribution >= 0.6 is 11.6 Å². The Morgan fingerprint density at radius 1 is 1.16 bits per heavy atom. The quantitative estimate of drug-likeness (QED) is 0.658. The zero-order valence-corrected chi connectivity index (χ0v) is 18.7. The summed E-state index contributed by atoms with van der Waals surface area (Å²) >= 11 is 5.96. The fourth-order valence-corrected chi connectivity index (χ4v) is 4.31. The predicted octanol–water partition coefficient (Wildman–Crippen LogP) is 3.77. The lowest BCUT2D eigenvalue weighted by Gasteiger charge is -2.32. The summed E-state index contributed by atoms with van der Waals surface area (Å²) in [7, 11) is 0. The Hall–Kier alpha value is -2.70. The fourth-order valence-electron chi connectivity index (χ4n) is 4.18. The Labute approximate surface area is 186 Å². The number of hydrogen-bond acceptors (Lipinski definition) is 4. The van der Waals surface area contributed by atoms with Crippen LogP contribution in [0.2, 0.25) is 5.02 Å². The average molecular weight is 439 g/mol. The number of rotatable bonds is 5. The minimum absolute atomic E-state index is 0.0856. The molecule has 1 fully saturated rings. The molecule has 3 aromatic rings. The molecule has 0 atom stereocenters. The summed E-state index contributed by atoms with van der Waals surface area (Å²) in [6.45, 7) is 6.98. The van der Waals surface area contributed by atoms with Gasteiger partial charge in [0, 0.05) is 42.8 Å². The highest BCUT2D eigenvalue weighted by molar-refractivity contribution is 6.30. The summed E-state index contributed by atoms with van der Waals surface area (Å²) in [5, 5.41) is 3.92. The first-order chi connectivity index (χ1) is 14.9. The third-order valence-electron chi connectivity index (χ3n) is 5.93. The molecule has 0 spiro atoms. The summed E-state index contributed by atoms with van der Waals surface area (Å²) in [6, 6.07) is 13.5. The van der Waals surface area contributed by atoms with E-state index in [1.165, 1.54) is 5.56 Å². The molecule has 0 saturated carbocycles. The number of aromatic nitrogens is 2. The zero-order valence-electron chi connectivity index (χ0n) is 17.9. The molecule has 2 heterocycles. The van der Waals surface area contributed by atoms with Gasteiger partial charge in [0.15, 0.2) is 0 Å². The Kier molecular flexibility index (Phi) is 6.39. The third-order valence-corrected chi connectivity index (χ3v) is 6.18. The summed E-state index contributed by atoms with van der Waals surface area (Å²) < 4.78 is 1.69. The number of nitrogens with one attached hydrogen (secondary N) is 1. The number of halogens is 1. The van der Waals surface area contributed by atoms with Gasteiger partial charge in [-0.2, -0.15) is 0 Å². The van der Waals surface area contributed by atoms with Crippen LogP contribution in [-0.4, -0.2) is 39.5 Å². The van der Waals surface area contributed by atoms with Gasteiger partial charge in [0.05, 0.1) is 11.0 Å². The van der Waals surface area contributed by atoms with Gasteiger partial charge in [-0.1, -0.05) is 23.7 Å². The van der Waals surface area contributed by atoms with Crippen LogP contribution in [0.1, 0.15) is 41.4 Å². The van der Waals surface area contributed by atoms with Crippen LogP contribution in [0.25, 0.3) is 11.0 Å². The zero-order chi connectivity index (χ0) is 22.0. The van der Waals surface area contributed by atoms with Crippen molar-refractivity contribution in [3.05, 3.63) is 74.7 Å². The number of carbonyl (C=O) groups excluding carboxylic acids is 1. The van der Waals surface area contributed by atoms with Crippen LogP contribution < -0.4 is 10.9 Å². The van der Waals surface area contributed by atoms with Gasteiger partial charge in [0.1, 0.15) is 5.69 Å². The molecule has 4 rings (SSSR count). The molecule has 0 aliphatic carbocycles. The molecule has 0 unspecified atom stereocenters. The fraction of sp³-hybridized carbons (Fsp3) is 0.375. The van der Waals surface area contributed by atoms with Gasteiger partial charge in [0.25, 0.3) is 11.5 Å². The second-order valence-electron chi connectivity index (χ2n) is 8.10. The van der Waals surface area contributed by atoms with E-state index in [1.54, 1.807) is 23.6 Å². The standard InChI is InChI=1S/C24H27ClN4O2/c1-3-29-22-9-6-18(14-21(22)26-16(2)24(29)31)23(30)27-20-10-12-28(13-11-20)15-17-4-7-19(25)8-5-17/h4-9,14,20H,3,10-13,15H2,1-2H3,(H,27,30). The van der Waals surface area contributed by atoms with Crippen LogP contribution in [0, 0.1) is 6.92 Å². The Morgan fingerprint density at radius 2 is 1.87 bits per heavy atom. The van der Waals surface area contributed by atoms with E-state index in [2.05, 4.69) is 27.3 Å². The normalized spacial score (nSPS) is 15.3.